The Bertz CT molecular complexity index is 333. The van der Waals surface area contributed by atoms with Gasteiger partial charge in [0.1, 0.15) is 5.82 Å². The van der Waals surface area contributed by atoms with E-state index in [1.807, 2.05) is 12.1 Å². The summed E-state index contributed by atoms with van der Waals surface area (Å²) in [6.45, 7) is 1.59. The summed E-state index contributed by atoms with van der Waals surface area (Å²) in [5.41, 5.74) is 0.737. The van der Waals surface area contributed by atoms with Gasteiger partial charge >= 0.3 is 0 Å². The van der Waals surface area contributed by atoms with Crippen molar-refractivity contribution >= 4 is 38.5 Å². The maximum absolute atomic E-state index is 13.5. The lowest BCUT2D eigenvalue weighted by Gasteiger charge is -2.06. The van der Waals surface area contributed by atoms with E-state index in [2.05, 4.69) is 43.8 Å². The zero-order valence-corrected chi connectivity index (χ0v) is 13.6. The van der Waals surface area contributed by atoms with Crippen LogP contribution in [0.4, 0.5) is 4.39 Å². The summed E-state index contributed by atoms with van der Waals surface area (Å²) in [5, 5.41) is 3.28. The molecule has 4 heteroatoms. The summed E-state index contributed by atoms with van der Waals surface area (Å²) in [5.74, 6) is -0.142. The number of hydrogen-bond donors (Lipinski definition) is 1. The number of benzene rings is 1. The van der Waals surface area contributed by atoms with Gasteiger partial charge in [-0.25, -0.2) is 4.39 Å². The maximum Gasteiger partial charge on any atom is 0.128 e. The molecule has 0 aliphatic heterocycles. The van der Waals surface area contributed by atoms with E-state index in [9.17, 15) is 4.39 Å². The van der Waals surface area contributed by atoms with E-state index in [4.69, 9.17) is 0 Å². The maximum atomic E-state index is 13.5. The fraction of sp³-hybridized carbons (Fsp3) is 0.538. The first-order valence-corrected chi connectivity index (χ1v) is 8.26. The molecule has 0 bridgehead atoms. The lowest BCUT2D eigenvalue weighted by atomic mass is 10.2. The Morgan fingerprint density at radius 2 is 1.94 bits per heavy atom. The molecule has 0 saturated heterocycles. The van der Waals surface area contributed by atoms with Crippen LogP contribution in [0, 0.1) is 5.82 Å². The first kappa shape index (κ1) is 15.4. The summed E-state index contributed by atoms with van der Waals surface area (Å²) in [6.07, 6.45) is 5.05. The van der Waals surface area contributed by atoms with Crippen LogP contribution in [0.2, 0.25) is 0 Å². The largest absolute Gasteiger partial charge is 0.313 e. The molecule has 0 radical (unpaired) electrons. The number of halogens is 3. The van der Waals surface area contributed by atoms with Crippen molar-refractivity contribution < 1.29 is 4.39 Å². The van der Waals surface area contributed by atoms with E-state index in [1.54, 1.807) is 0 Å². The molecule has 0 aliphatic carbocycles. The van der Waals surface area contributed by atoms with Crippen LogP contribution < -0.4 is 5.32 Å². The van der Waals surface area contributed by atoms with Gasteiger partial charge < -0.3 is 5.32 Å². The summed E-state index contributed by atoms with van der Waals surface area (Å²) >= 11 is 5.66. The predicted molar refractivity (Wildman–Crippen MR) is 83.2 cm³/mol. The summed E-state index contributed by atoms with van der Waals surface area (Å²) in [7, 11) is 0. The van der Waals surface area contributed by atoms with Crippen molar-refractivity contribution in [3.63, 3.8) is 0 Å². The van der Waals surface area contributed by atoms with Crippen molar-refractivity contribution in [2.75, 3.05) is 11.0 Å². The van der Waals surface area contributed by atoms with Crippen LogP contribution in [-0.4, -0.2) is 11.0 Å². The number of rotatable bonds is 8. The van der Waals surface area contributed by atoms with Gasteiger partial charge in [-0.15, -0.1) is 0 Å². The average molecular weight is 414 g/mol. The van der Waals surface area contributed by atoms with Gasteiger partial charge in [-0.05, 0) is 35.9 Å². The topological polar surface area (TPSA) is 12.0 Å². The molecule has 0 aromatic heterocycles. The molecule has 1 aromatic rings. The van der Waals surface area contributed by atoms with E-state index in [-0.39, 0.29) is 5.82 Å². The minimum absolute atomic E-state index is 0.142. The van der Waals surface area contributed by atoms with Crippen molar-refractivity contribution in [3.05, 3.63) is 34.1 Å². The minimum atomic E-state index is -0.142. The van der Waals surface area contributed by atoms with Crippen LogP contribution in [0.1, 0.15) is 31.2 Å². The molecule has 0 heterocycles. The lowest BCUT2D eigenvalue weighted by Crippen LogP contribution is -2.15. The molecule has 1 aromatic carbocycles. The molecule has 0 spiro atoms. The van der Waals surface area contributed by atoms with Gasteiger partial charge in [-0.1, -0.05) is 57.4 Å². The first-order chi connectivity index (χ1) is 8.24. The zero-order chi connectivity index (χ0) is 12.5. The predicted octanol–water partition coefficient (Wildman–Crippen LogP) is 4.67. The Hall–Kier alpha value is 0.320. The fourth-order valence-electron chi connectivity index (χ4n) is 1.59. The van der Waals surface area contributed by atoms with Crippen molar-refractivity contribution in [3.8, 4) is 0 Å². The fourth-order valence-corrected chi connectivity index (χ4v) is 2.46. The van der Waals surface area contributed by atoms with Gasteiger partial charge in [-0.2, -0.15) is 0 Å². The van der Waals surface area contributed by atoms with E-state index < -0.39 is 0 Å². The van der Waals surface area contributed by atoms with Gasteiger partial charge in [0.05, 0.1) is 0 Å². The highest BCUT2D eigenvalue weighted by Crippen LogP contribution is 2.15. The molecule has 0 saturated carbocycles. The van der Waals surface area contributed by atoms with E-state index >= 15 is 0 Å². The summed E-state index contributed by atoms with van der Waals surface area (Å²) in [4.78, 5) is 0. The average Bonchev–Trinajstić information content (AvgIpc) is 2.30. The molecule has 0 aliphatic rings. The van der Waals surface area contributed by atoms with Crippen LogP contribution in [0.5, 0.6) is 0 Å². The van der Waals surface area contributed by atoms with Crippen molar-refractivity contribution in [2.24, 2.45) is 0 Å². The standard InChI is InChI=1S/C13H18BrFIN/c14-12-6-5-11(13(15)9-12)10-17-8-4-2-1-3-7-16/h5-6,9,17H,1-4,7-8,10H2. The Morgan fingerprint density at radius 1 is 1.18 bits per heavy atom. The minimum Gasteiger partial charge on any atom is -0.313 e. The molecular formula is C13H18BrFIN. The molecule has 17 heavy (non-hydrogen) atoms. The second-order valence-electron chi connectivity index (χ2n) is 4.02. The number of alkyl halides is 1. The number of unbranched alkanes of at least 4 members (excludes halogenated alkanes) is 3. The second-order valence-corrected chi connectivity index (χ2v) is 6.01. The highest BCUT2D eigenvalue weighted by atomic mass is 127. The molecule has 1 rings (SSSR count). The van der Waals surface area contributed by atoms with E-state index in [0.717, 1.165) is 16.6 Å². The van der Waals surface area contributed by atoms with E-state index in [1.165, 1.54) is 36.2 Å². The quantitative estimate of drug-likeness (QED) is 0.371. The van der Waals surface area contributed by atoms with Crippen LogP contribution in [0.15, 0.2) is 22.7 Å². The summed E-state index contributed by atoms with van der Waals surface area (Å²) in [6, 6.07) is 5.21. The Balaban J connectivity index is 2.14. The van der Waals surface area contributed by atoms with Gasteiger partial charge in [-0.3, -0.25) is 0 Å². The van der Waals surface area contributed by atoms with Crippen LogP contribution in [0.3, 0.4) is 0 Å². The normalized spacial score (nSPS) is 10.8. The van der Waals surface area contributed by atoms with Crippen molar-refractivity contribution in [1.29, 1.82) is 0 Å². The van der Waals surface area contributed by atoms with Crippen LogP contribution in [0.25, 0.3) is 0 Å². The van der Waals surface area contributed by atoms with Crippen molar-refractivity contribution in [1.82, 2.24) is 5.32 Å². The highest BCUT2D eigenvalue weighted by molar-refractivity contribution is 14.1. The van der Waals surface area contributed by atoms with Gasteiger partial charge in [0, 0.05) is 16.6 Å². The Morgan fingerprint density at radius 3 is 2.65 bits per heavy atom. The monoisotopic (exact) mass is 413 g/mol. The van der Waals surface area contributed by atoms with Gasteiger partial charge in [0.25, 0.3) is 0 Å². The first-order valence-electron chi connectivity index (χ1n) is 5.94. The molecule has 1 nitrogen and oxygen atoms in total. The number of nitrogens with one attached hydrogen (secondary N) is 1. The third kappa shape index (κ3) is 6.72. The highest BCUT2D eigenvalue weighted by Gasteiger charge is 2.01. The van der Waals surface area contributed by atoms with E-state index in [0.29, 0.717) is 6.54 Å². The Labute approximate surface area is 125 Å². The van der Waals surface area contributed by atoms with Crippen LogP contribution in [-0.2, 0) is 6.54 Å². The second kappa shape index (κ2) is 9.28. The van der Waals surface area contributed by atoms with Gasteiger partial charge in [0.2, 0.25) is 0 Å². The molecule has 0 fully saturated rings. The smallest absolute Gasteiger partial charge is 0.128 e. The number of hydrogen-bond acceptors (Lipinski definition) is 1. The molecule has 0 atom stereocenters. The van der Waals surface area contributed by atoms with Gasteiger partial charge in [0.15, 0.2) is 0 Å². The molecular weight excluding hydrogens is 396 g/mol. The lowest BCUT2D eigenvalue weighted by molar-refractivity contribution is 0.568. The Kier molecular flexibility index (Phi) is 8.39. The SMILES string of the molecule is Fc1cc(Br)ccc1CNCCCCCCI. The third-order valence-corrected chi connectivity index (χ3v) is 3.82. The third-order valence-electron chi connectivity index (χ3n) is 2.57. The molecule has 0 unspecified atom stereocenters. The summed E-state index contributed by atoms with van der Waals surface area (Å²) < 4.78 is 15.5. The molecule has 1 N–H and O–H groups in total. The molecule has 0 amide bonds. The molecule has 96 valence electrons. The van der Waals surface area contributed by atoms with Crippen LogP contribution >= 0.6 is 38.5 Å². The van der Waals surface area contributed by atoms with Crippen molar-refractivity contribution in [2.45, 2.75) is 32.2 Å². The zero-order valence-electron chi connectivity index (χ0n) is 9.82.